The summed E-state index contributed by atoms with van der Waals surface area (Å²) in [6, 6.07) is 11.1. The number of aromatic amines is 1. The molecule has 4 nitrogen and oxygen atoms in total. The van der Waals surface area contributed by atoms with Gasteiger partial charge in [0.25, 0.3) is 0 Å². The van der Waals surface area contributed by atoms with E-state index in [0.29, 0.717) is 22.2 Å². The highest BCUT2D eigenvalue weighted by Gasteiger charge is 2.16. The van der Waals surface area contributed by atoms with Crippen molar-refractivity contribution in [2.45, 2.75) is 0 Å². The van der Waals surface area contributed by atoms with E-state index >= 15 is 0 Å². The Morgan fingerprint density at radius 2 is 1.95 bits per heavy atom. The van der Waals surface area contributed by atoms with Crippen LogP contribution in [0.3, 0.4) is 0 Å². The van der Waals surface area contributed by atoms with Crippen molar-refractivity contribution >= 4 is 16.9 Å². The van der Waals surface area contributed by atoms with Gasteiger partial charge in [-0.2, -0.15) is 5.10 Å². The number of carboxylic acid groups (broad SMARTS) is 1. The van der Waals surface area contributed by atoms with Gasteiger partial charge in [-0.1, -0.05) is 24.3 Å². The average Bonchev–Trinajstić information content (AvgIpc) is 2.82. The lowest BCUT2D eigenvalue weighted by molar-refractivity contribution is 0.0699. The molecule has 0 saturated heterocycles. The topological polar surface area (TPSA) is 66.0 Å². The predicted molar refractivity (Wildman–Crippen MR) is 68.4 cm³/mol. The van der Waals surface area contributed by atoms with Gasteiger partial charge in [-0.25, -0.2) is 9.18 Å². The van der Waals surface area contributed by atoms with Crippen molar-refractivity contribution in [1.29, 1.82) is 0 Å². The minimum absolute atomic E-state index is 0.0938. The maximum absolute atomic E-state index is 13.8. The Kier molecular flexibility index (Phi) is 2.52. The van der Waals surface area contributed by atoms with Gasteiger partial charge in [-0.15, -0.1) is 0 Å². The van der Waals surface area contributed by atoms with Crippen LogP contribution in [-0.4, -0.2) is 21.3 Å². The summed E-state index contributed by atoms with van der Waals surface area (Å²) in [5.74, 6) is -1.44. The van der Waals surface area contributed by atoms with Crippen LogP contribution < -0.4 is 0 Å². The van der Waals surface area contributed by atoms with Crippen LogP contribution in [0.1, 0.15) is 10.4 Å². The van der Waals surface area contributed by atoms with E-state index in [-0.39, 0.29) is 11.4 Å². The second-order valence-electron chi connectivity index (χ2n) is 4.09. The molecule has 0 aliphatic carbocycles. The maximum atomic E-state index is 13.8. The maximum Gasteiger partial charge on any atom is 0.337 e. The molecule has 0 radical (unpaired) electrons. The molecule has 0 bridgehead atoms. The van der Waals surface area contributed by atoms with Gasteiger partial charge in [0, 0.05) is 10.9 Å². The molecule has 0 fully saturated rings. The van der Waals surface area contributed by atoms with Crippen molar-refractivity contribution < 1.29 is 14.3 Å². The van der Waals surface area contributed by atoms with Crippen molar-refractivity contribution in [2.24, 2.45) is 0 Å². The van der Waals surface area contributed by atoms with Crippen LogP contribution in [0.15, 0.2) is 42.5 Å². The minimum Gasteiger partial charge on any atom is -0.478 e. The van der Waals surface area contributed by atoms with Crippen molar-refractivity contribution in [3.63, 3.8) is 0 Å². The molecule has 0 saturated carbocycles. The first kappa shape index (κ1) is 11.4. The van der Waals surface area contributed by atoms with Crippen molar-refractivity contribution in [3.8, 4) is 11.3 Å². The number of nitrogens with zero attached hydrogens (tertiary/aromatic N) is 1. The third kappa shape index (κ3) is 1.76. The van der Waals surface area contributed by atoms with Gasteiger partial charge in [-0.05, 0) is 18.2 Å². The molecule has 5 heteroatoms. The smallest absolute Gasteiger partial charge is 0.337 e. The summed E-state index contributed by atoms with van der Waals surface area (Å²) < 4.78 is 13.8. The van der Waals surface area contributed by atoms with Crippen LogP contribution >= 0.6 is 0 Å². The van der Waals surface area contributed by atoms with Gasteiger partial charge >= 0.3 is 5.97 Å². The Bertz CT molecular complexity index is 780. The first-order valence-corrected chi connectivity index (χ1v) is 5.64. The summed E-state index contributed by atoms with van der Waals surface area (Å²) in [4.78, 5) is 11.1. The fraction of sp³-hybridized carbons (Fsp3) is 0. The number of aromatic nitrogens is 2. The van der Waals surface area contributed by atoms with Crippen LogP contribution in [-0.2, 0) is 0 Å². The summed E-state index contributed by atoms with van der Waals surface area (Å²) in [7, 11) is 0. The Morgan fingerprint density at radius 3 is 2.68 bits per heavy atom. The highest BCUT2D eigenvalue weighted by molar-refractivity contribution is 6.05. The molecule has 0 aliphatic rings. The third-order valence-corrected chi connectivity index (χ3v) is 2.96. The first-order valence-electron chi connectivity index (χ1n) is 5.64. The summed E-state index contributed by atoms with van der Waals surface area (Å²) >= 11 is 0. The lowest BCUT2D eigenvalue weighted by Crippen LogP contribution is -1.96. The zero-order chi connectivity index (χ0) is 13.4. The summed E-state index contributed by atoms with van der Waals surface area (Å²) in [5.41, 5.74) is 1.27. The van der Waals surface area contributed by atoms with E-state index in [9.17, 15) is 9.18 Å². The Hall–Kier alpha value is -2.69. The lowest BCUT2D eigenvalue weighted by Gasteiger charge is -2.01. The lowest BCUT2D eigenvalue weighted by atomic mass is 10.0. The molecular weight excluding hydrogens is 247 g/mol. The zero-order valence-electron chi connectivity index (χ0n) is 9.72. The van der Waals surface area contributed by atoms with Crippen LogP contribution in [0.25, 0.3) is 22.2 Å². The van der Waals surface area contributed by atoms with E-state index in [1.54, 1.807) is 30.3 Å². The number of H-pyrrole nitrogens is 1. The molecule has 1 aromatic heterocycles. The van der Waals surface area contributed by atoms with Gasteiger partial charge in [-0.3, -0.25) is 5.10 Å². The van der Waals surface area contributed by atoms with Gasteiger partial charge in [0.1, 0.15) is 11.3 Å². The first-order chi connectivity index (χ1) is 9.18. The largest absolute Gasteiger partial charge is 0.478 e. The SMILES string of the molecule is O=C(O)c1cccc2c(-c3ccccc3F)[nH]nc12. The van der Waals surface area contributed by atoms with E-state index < -0.39 is 5.97 Å². The Morgan fingerprint density at radius 1 is 1.16 bits per heavy atom. The van der Waals surface area contributed by atoms with E-state index in [0.717, 1.165) is 0 Å². The number of carbonyl (C=O) groups is 1. The minimum atomic E-state index is -1.06. The van der Waals surface area contributed by atoms with Crippen LogP contribution in [0, 0.1) is 5.82 Å². The number of para-hydroxylation sites is 1. The summed E-state index contributed by atoms with van der Waals surface area (Å²) in [6.45, 7) is 0. The monoisotopic (exact) mass is 256 g/mol. The zero-order valence-corrected chi connectivity index (χ0v) is 9.72. The molecule has 0 unspecified atom stereocenters. The average molecular weight is 256 g/mol. The van der Waals surface area contributed by atoms with Crippen LogP contribution in [0.2, 0.25) is 0 Å². The fourth-order valence-electron chi connectivity index (χ4n) is 2.08. The molecule has 2 aromatic carbocycles. The molecule has 0 spiro atoms. The number of benzene rings is 2. The Balaban J connectivity index is 2.31. The van der Waals surface area contributed by atoms with Gasteiger partial charge in [0.05, 0.1) is 11.3 Å². The van der Waals surface area contributed by atoms with Crippen molar-refractivity contribution in [3.05, 3.63) is 53.8 Å². The quantitative estimate of drug-likeness (QED) is 0.740. The van der Waals surface area contributed by atoms with E-state index in [2.05, 4.69) is 10.2 Å². The van der Waals surface area contributed by atoms with E-state index in [1.807, 2.05) is 0 Å². The molecule has 19 heavy (non-hydrogen) atoms. The molecule has 1 heterocycles. The van der Waals surface area contributed by atoms with Gasteiger partial charge < -0.3 is 5.11 Å². The molecule has 94 valence electrons. The second kappa shape index (κ2) is 4.20. The van der Waals surface area contributed by atoms with E-state index in [4.69, 9.17) is 5.11 Å². The van der Waals surface area contributed by atoms with Crippen molar-refractivity contribution in [1.82, 2.24) is 10.2 Å². The molecule has 3 rings (SSSR count). The number of rotatable bonds is 2. The molecule has 0 atom stereocenters. The number of halogens is 1. The van der Waals surface area contributed by atoms with Gasteiger partial charge in [0.15, 0.2) is 0 Å². The standard InChI is InChI=1S/C14H9FN2O2/c15-11-7-2-1-4-8(11)12-9-5-3-6-10(14(18)19)13(9)17-16-12/h1-7H,(H,16,17)(H,18,19). The molecule has 2 N–H and O–H groups in total. The second-order valence-corrected chi connectivity index (χ2v) is 4.09. The number of fused-ring (bicyclic) bond motifs is 1. The number of nitrogens with one attached hydrogen (secondary N) is 1. The predicted octanol–water partition coefficient (Wildman–Crippen LogP) is 3.07. The highest BCUT2D eigenvalue weighted by Crippen LogP contribution is 2.29. The highest BCUT2D eigenvalue weighted by atomic mass is 19.1. The van der Waals surface area contributed by atoms with Gasteiger partial charge in [0.2, 0.25) is 0 Å². The van der Waals surface area contributed by atoms with Crippen molar-refractivity contribution in [2.75, 3.05) is 0 Å². The summed E-state index contributed by atoms with van der Waals surface area (Å²) in [6.07, 6.45) is 0. The molecule has 3 aromatic rings. The number of hydrogen-bond donors (Lipinski definition) is 2. The fourth-order valence-corrected chi connectivity index (χ4v) is 2.08. The Labute approximate surface area is 107 Å². The molecule has 0 aliphatic heterocycles. The number of carboxylic acids is 1. The normalized spacial score (nSPS) is 10.8. The third-order valence-electron chi connectivity index (χ3n) is 2.96. The van der Waals surface area contributed by atoms with Crippen LogP contribution in [0.5, 0.6) is 0 Å². The molecule has 0 amide bonds. The summed E-state index contributed by atoms with van der Waals surface area (Å²) in [5, 5.41) is 16.4. The van der Waals surface area contributed by atoms with Crippen LogP contribution in [0.4, 0.5) is 4.39 Å². The van der Waals surface area contributed by atoms with E-state index in [1.165, 1.54) is 12.1 Å². The molecular formula is C14H9FN2O2. The number of aromatic carboxylic acids is 1. The number of hydrogen-bond acceptors (Lipinski definition) is 2.